The Morgan fingerprint density at radius 1 is 1.37 bits per heavy atom. The smallest absolute Gasteiger partial charge is 0.123 e. The normalized spacial score (nSPS) is 20.3. The fraction of sp³-hybridized carbons (Fsp3) is 0.600. The molecule has 1 N–H and O–H groups in total. The van der Waals surface area contributed by atoms with Gasteiger partial charge in [-0.25, -0.2) is 0 Å². The van der Waals surface area contributed by atoms with Crippen LogP contribution >= 0.6 is 0 Å². The molecule has 2 atom stereocenters. The van der Waals surface area contributed by atoms with Gasteiger partial charge in [0.25, 0.3) is 0 Å². The second-order valence-electron chi connectivity index (χ2n) is 4.82. The summed E-state index contributed by atoms with van der Waals surface area (Å²) >= 11 is 0. The van der Waals surface area contributed by atoms with Gasteiger partial charge in [0.1, 0.15) is 11.5 Å². The van der Waals surface area contributed by atoms with Crippen molar-refractivity contribution in [1.29, 1.82) is 0 Å². The van der Waals surface area contributed by atoms with E-state index >= 15 is 0 Å². The highest BCUT2D eigenvalue weighted by Crippen LogP contribution is 2.33. The first kappa shape index (κ1) is 14.2. The summed E-state index contributed by atoms with van der Waals surface area (Å²) in [6.07, 6.45) is 3.61. The van der Waals surface area contributed by atoms with E-state index in [4.69, 9.17) is 14.2 Å². The van der Waals surface area contributed by atoms with Crippen molar-refractivity contribution in [3.05, 3.63) is 23.8 Å². The minimum absolute atomic E-state index is 0.216. The van der Waals surface area contributed by atoms with Gasteiger partial charge < -0.3 is 19.5 Å². The molecule has 0 saturated carbocycles. The van der Waals surface area contributed by atoms with Gasteiger partial charge in [-0.05, 0) is 44.5 Å². The first-order valence-corrected chi connectivity index (χ1v) is 6.79. The second-order valence-corrected chi connectivity index (χ2v) is 4.82. The van der Waals surface area contributed by atoms with Crippen LogP contribution in [-0.2, 0) is 4.74 Å². The largest absolute Gasteiger partial charge is 0.497 e. The van der Waals surface area contributed by atoms with Crippen molar-refractivity contribution in [2.45, 2.75) is 31.4 Å². The van der Waals surface area contributed by atoms with Crippen LogP contribution in [0, 0.1) is 0 Å². The summed E-state index contributed by atoms with van der Waals surface area (Å²) in [5, 5.41) is 3.36. The summed E-state index contributed by atoms with van der Waals surface area (Å²) < 4.78 is 16.5. The van der Waals surface area contributed by atoms with E-state index in [0.717, 1.165) is 42.9 Å². The lowest BCUT2D eigenvalue weighted by molar-refractivity contribution is 0.0951. The molecule has 1 aromatic carbocycles. The molecule has 4 nitrogen and oxygen atoms in total. The predicted molar refractivity (Wildman–Crippen MR) is 74.9 cm³/mol. The van der Waals surface area contributed by atoms with Crippen molar-refractivity contribution in [3.63, 3.8) is 0 Å². The van der Waals surface area contributed by atoms with E-state index in [1.54, 1.807) is 14.2 Å². The molecule has 0 aliphatic carbocycles. The van der Waals surface area contributed by atoms with E-state index in [0.29, 0.717) is 6.10 Å². The maximum atomic E-state index is 5.72. The summed E-state index contributed by atoms with van der Waals surface area (Å²) in [4.78, 5) is 0. The number of benzene rings is 1. The Labute approximate surface area is 115 Å². The standard InChI is InChI=1S/C15H23NO3/c1-16-14(10-12-5-4-8-19-12)13-9-11(17-2)6-7-15(13)18-3/h6-7,9,12,14,16H,4-5,8,10H2,1-3H3. The molecule has 1 aliphatic rings. The van der Waals surface area contributed by atoms with Crippen LogP contribution in [0.4, 0.5) is 0 Å². The lowest BCUT2D eigenvalue weighted by Gasteiger charge is -2.22. The third kappa shape index (κ3) is 3.39. The number of rotatable bonds is 6. The predicted octanol–water partition coefficient (Wildman–Crippen LogP) is 2.53. The molecule has 1 aliphatic heterocycles. The van der Waals surface area contributed by atoms with Gasteiger partial charge in [0.15, 0.2) is 0 Å². The van der Waals surface area contributed by atoms with Crippen LogP contribution in [0.2, 0.25) is 0 Å². The average Bonchev–Trinajstić information content (AvgIpc) is 2.97. The first-order valence-electron chi connectivity index (χ1n) is 6.79. The Morgan fingerprint density at radius 2 is 2.21 bits per heavy atom. The Kier molecular flexibility index (Phi) is 5.05. The highest BCUT2D eigenvalue weighted by molar-refractivity contribution is 5.42. The van der Waals surface area contributed by atoms with Crippen molar-refractivity contribution in [2.24, 2.45) is 0 Å². The molecule has 19 heavy (non-hydrogen) atoms. The van der Waals surface area contributed by atoms with Gasteiger partial charge in [-0.1, -0.05) is 0 Å². The minimum Gasteiger partial charge on any atom is -0.497 e. The number of nitrogens with one attached hydrogen (secondary N) is 1. The quantitative estimate of drug-likeness (QED) is 0.858. The van der Waals surface area contributed by atoms with Gasteiger partial charge >= 0.3 is 0 Å². The van der Waals surface area contributed by atoms with Crippen LogP contribution in [0.3, 0.4) is 0 Å². The molecule has 0 spiro atoms. The Hall–Kier alpha value is -1.26. The van der Waals surface area contributed by atoms with E-state index in [-0.39, 0.29) is 6.04 Å². The fourth-order valence-corrected chi connectivity index (χ4v) is 2.61. The molecule has 2 rings (SSSR count). The van der Waals surface area contributed by atoms with Crippen molar-refractivity contribution < 1.29 is 14.2 Å². The van der Waals surface area contributed by atoms with E-state index in [2.05, 4.69) is 5.32 Å². The van der Waals surface area contributed by atoms with Crippen LogP contribution in [0.15, 0.2) is 18.2 Å². The Balaban J connectivity index is 2.19. The highest BCUT2D eigenvalue weighted by Gasteiger charge is 2.23. The van der Waals surface area contributed by atoms with E-state index in [1.165, 1.54) is 0 Å². The van der Waals surface area contributed by atoms with Gasteiger partial charge in [-0.15, -0.1) is 0 Å². The van der Waals surface area contributed by atoms with Gasteiger partial charge in [0.2, 0.25) is 0 Å². The van der Waals surface area contributed by atoms with Crippen molar-refractivity contribution in [2.75, 3.05) is 27.9 Å². The van der Waals surface area contributed by atoms with Crippen molar-refractivity contribution in [3.8, 4) is 11.5 Å². The second kappa shape index (κ2) is 6.78. The third-order valence-corrected chi connectivity index (χ3v) is 3.68. The van der Waals surface area contributed by atoms with E-state index < -0.39 is 0 Å². The average molecular weight is 265 g/mol. The summed E-state index contributed by atoms with van der Waals surface area (Å²) in [5.74, 6) is 1.74. The topological polar surface area (TPSA) is 39.7 Å². The van der Waals surface area contributed by atoms with Crippen LogP contribution in [0.5, 0.6) is 11.5 Å². The summed E-state index contributed by atoms with van der Waals surface area (Å²) in [6, 6.07) is 6.12. The highest BCUT2D eigenvalue weighted by atomic mass is 16.5. The monoisotopic (exact) mass is 265 g/mol. The molecule has 0 bridgehead atoms. The van der Waals surface area contributed by atoms with Gasteiger partial charge in [0, 0.05) is 18.2 Å². The molecule has 1 saturated heterocycles. The van der Waals surface area contributed by atoms with Crippen LogP contribution in [-0.4, -0.2) is 34.0 Å². The first-order chi connectivity index (χ1) is 9.28. The number of hydrogen-bond acceptors (Lipinski definition) is 4. The molecular formula is C15H23NO3. The van der Waals surface area contributed by atoms with Gasteiger partial charge in [0.05, 0.1) is 20.3 Å². The molecule has 106 valence electrons. The molecule has 0 amide bonds. The van der Waals surface area contributed by atoms with Gasteiger partial charge in [-0.2, -0.15) is 0 Å². The zero-order chi connectivity index (χ0) is 13.7. The lowest BCUT2D eigenvalue weighted by Crippen LogP contribution is -2.22. The molecule has 1 heterocycles. The number of hydrogen-bond donors (Lipinski definition) is 1. The number of methoxy groups -OCH3 is 2. The van der Waals surface area contributed by atoms with Crippen molar-refractivity contribution >= 4 is 0 Å². The van der Waals surface area contributed by atoms with E-state index in [9.17, 15) is 0 Å². The number of ether oxygens (including phenoxy) is 3. The molecule has 1 aromatic rings. The van der Waals surface area contributed by atoms with Crippen LogP contribution in [0.25, 0.3) is 0 Å². The van der Waals surface area contributed by atoms with Crippen LogP contribution in [0.1, 0.15) is 30.9 Å². The molecule has 1 fully saturated rings. The molecular weight excluding hydrogens is 242 g/mol. The minimum atomic E-state index is 0.216. The van der Waals surface area contributed by atoms with Crippen LogP contribution < -0.4 is 14.8 Å². The third-order valence-electron chi connectivity index (χ3n) is 3.68. The Bertz CT molecular complexity index is 402. The SMILES string of the molecule is CNC(CC1CCCO1)c1cc(OC)ccc1OC. The molecule has 4 heteroatoms. The molecule has 0 aromatic heterocycles. The van der Waals surface area contributed by atoms with E-state index in [1.807, 2.05) is 25.2 Å². The maximum absolute atomic E-state index is 5.72. The zero-order valence-corrected chi connectivity index (χ0v) is 11.9. The lowest BCUT2D eigenvalue weighted by atomic mass is 9.98. The fourth-order valence-electron chi connectivity index (χ4n) is 2.61. The Morgan fingerprint density at radius 3 is 2.79 bits per heavy atom. The zero-order valence-electron chi connectivity index (χ0n) is 11.9. The maximum Gasteiger partial charge on any atom is 0.123 e. The summed E-state index contributed by atoms with van der Waals surface area (Å²) in [5.41, 5.74) is 1.12. The molecule has 0 radical (unpaired) electrons. The molecule has 2 unspecified atom stereocenters. The van der Waals surface area contributed by atoms with Gasteiger partial charge in [-0.3, -0.25) is 0 Å². The summed E-state index contributed by atoms with van der Waals surface area (Å²) in [6.45, 7) is 0.885. The van der Waals surface area contributed by atoms with Crippen molar-refractivity contribution in [1.82, 2.24) is 5.32 Å². The summed E-state index contributed by atoms with van der Waals surface area (Å²) in [7, 11) is 5.35.